The number of rotatable bonds is 2. The SMILES string of the molecule is Cl.O=C(Nc1ccc(F)cn1)c1n[nH]c2c1CNCC2. The summed E-state index contributed by atoms with van der Waals surface area (Å²) in [6.45, 7) is 1.49. The maximum absolute atomic E-state index is 12.7. The van der Waals surface area contributed by atoms with Gasteiger partial charge in [0.1, 0.15) is 11.6 Å². The Morgan fingerprint density at radius 3 is 3.00 bits per heavy atom. The van der Waals surface area contributed by atoms with Crippen molar-refractivity contribution in [3.05, 3.63) is 41.1 Å². The van der Waals surface area contributed by atoms with Gasteiger partial charge in [-0.3, -0.25) is 9.89 Å². The first-order valence-corrected chi connectivity index (χ1v) is 5.94. The van der Waals surface area contributed by atoms with Crippen LogP contribution in [0.15, 0.2) is 18.3 Å². The van der Waals surface area contributed by atoms with Crippen LogP contribution in [0, 0.1) is 5.82 Å². The van der Waals surface area contributed by atoms with Crippen molar-refractivity contribution in [3.8, 4) is 0 Å². The molecule has 0 radical (unpaired) electrons. The van der Waals surface area contributed by atoms with Crippen LogP contribution < -0.4 is 10.6 Å². The first-order valence-electron chi connectivity index (χ1n) is 5.94. The Labute approximate surface area is 120 Å². The molecule has 3 N–H and O–H groups in total. The lowest BCUT2D eigenvalue weighted by molar-refractivity contribution is 0.102. The van der Waals surface area contributed by atoms with Gasteiger partial charge in [0, 0.05) is 30.8 Å². The van der Waals surface area contributed by atoms with Gasteiger partial charge in [-0.15, -0.1) is 12.4 Å². The van der Waals surface area contributed by atoms with Gasteiger partial charge in [0.05, 0.1) is 6.20 Å². The molecule has 1 aliphatic heterocycles. The number of carbonyl (C=O) groups is 1. The molecule has 6 nitrogen and oxygen atoms in total. The number of carbonyl (C=O) groups excluding carboxylic acids is 1. The van der Waals surface area contributed by atoms with Crippen LogP contribution in [0.1, 0.15) is 21.7 Å². The third kappa shape index (κ3) is 2.78. The van der Waals surface area contributed by atoms with Gasteiger partial charge in [0.15, 0.2) is 5.69 Å². The number of anilines is 1. The second-order valence-corrected chi connectivity index (χ2v) is 4.27. The Hall–Kier alpha value is -1.99. The zero-order chi connectivity index (χ0) is 13.2. The average molecular weight is 298 g/mol. The Morgan fingerprint density at radius 1 is 1.40 bits per heavy atom. The number of halogens is 2. The topological polar surface area (TPSA) is 82.7 Å². The zero-order valence-corrected chi connectivity index (χ0v) is 11.3. The highest BCUT2D eigenvalue weighted by Gasteiger charge is 2.21. The highest BCUT2D eigenvalue weighted by Crippen LogP contribution is 2.16. The molecule has 2 aromatic rings. The predicted molar refractivity (Wildman–Crippen MR) is 73.4 cm³/mol. The van der Waals surface area contributed by atoms with Crippen molar-refractivity contribution in [2.24, 2.45) is 0 Å². The van der Waals surface area contributed by atoms with E-state index < -0.39 is 5.82 Å². The molecule has 0 aromatic carbocycles. The Morgan fingerprint density at radius 2 is 2.25 bits per heavy atom. The van der Waals surface area contributed by atoms with Crippen LogP contribution in [0.5, 0.6) is 0 Å². The minimum Gasteiger partial charge on any atom is -0.312 e. The average Bonchev–Trinajstić information content (AvgIpc) is 2.85. The highest BCUT2D eigenvalue weighted by molar-refractivity contribution is 6.03. The number of pyridine rings is 1. The molecular weight excluding hydrogens is 285 g/mol. The van der Waals surface area contributed by atoms with Gasteiger partial charge in [0.2, 0.25) is 0 Å². The van der Waals surface area contributed by atoms with Crippen molar-refractivity contribution < 1.29 is 9.18 Å². The van der Waals surface area contributed by atoms with Crippen molar-refractivity contribution in [2.45, 2.75) is 13.0 Å². The summed E-state index contributed by atoms with van der Waals surface area (Å²) in [6.07, 6.45) is 1.88. The summed E-state index contributed by atoms with van der Waals surface area (Å²) in [5, 5.41) is 12.7. The molecule has 0 atom stereocenters. The molecule has 3 rings (SSSR count). The van der Waals surface area contributed by atoms with Crippen molar-refractivity contribution in [1.29, 1.82) is 0 Å². The van der Waals surface area contributed by atoms with E-state index in [1.807, 2.05) is 0 Å². The molecule has 0 fully saturated rings. The van der Waals surface area contributed by atoms with Crippen LogP contribution in [0.25, 0.3) is 0 Å². The Balaban J connectivity index is 0.00000147. The number of aromatic amines is 1. The van der Waals surface area contributed by atoms with Crippen LogP contribution in [-0.2, 0) is 13.0 Å². The summed E-state index contributed by atoms with van der Waals surface area (Å²) >= 11 is 0. The van der Waals surface area contributed by atoms with E-state index in [0.717, 1.165) is 30.4 Å². The number of fused-ring (bicyclic) bond motifs is 1. The maximum Gasteiger partial charge on any atom is 0.277 e. The van der Waals surface area contributed by atoms with Gasteiger partial charge in [0.25, 0.3) is 5.91 Å². The normalized spacial score (nSPS) is 13.2. The number of nitrogens with zero attached hydrogens (tertiary/aromatic N) is 2. The van der Waals surface area contributed by atoms with Gasteiger partial charge in [-0.2, -0.15) is 5.10 Å². The number of amides is 1. The van der Waals surface area contributed by atoms with Crippen molar-refractivity contribution in [2.75, 3.05) is 11.9 Å². The molecule has 0 spiro atoms. The monoisotopic (exact) mass is 297 g/mol. The molecule has 0 aliphatic carbocycles. The fourth-order valence-electron chi connectivity index (χ4n) is 2.04. The molecule has 1 aliphatic rings. The van der Waals surface area contributed by atoms with Gasteiger partial charge in [-0.1, -0.05) is 0 Å². The van der Waals surface area contributed by atoms with Crippen LogP contribution in [0.2, 0.25) is 0 Å². The molecular formula is C12H13ClFN5O. The van der Waals surface area contributed by atoms with E-state index in [0.29, 0.717) is 18.1 Å². The lowest BCUT2D eigenvalue weighted by atomic mass is 10.1. The summed E-state index contributed by atoms with van der Waals surface area (Å²) in [5.74, 6) is -0.494. The van der Waals surface area contributed by atoms with E-state index in [1.54, 1.807) is 0 Å². The maximum atomic E-state index is 12.7. The van der Waals surface area contributed by atoms with Gasteiger partial charge < -0.3 is 10.6 Å². The third-order valence-electron chi connectivity index (χ3n) is 2.99. The molecule has 3 heterocycles. The zero-order valence-electron chi connectivity index (χ0n) is 10.4. The number of aromatic nitrogens is 3. The molecule has 20 heavy (non-hydrogen) atoms. The van der Waals surface area contributed by atoms with E-state index in [1.165, 1.54) is 12.1 Å². The van der Waals surface area contributed by atoms with Gasteiger partial charge >= 0.3 is 0 Å². The minimum absolute atomic E-state index is 0. The second-order valence-electron chi connectivity index (χ2n) is 4.27. The smallest absolute Gasteiger partial charge is 0.277 e. The van der Waals surface area contributed by atoms with Gasteiger partial charge in [-0.25, -0.2) is 9.37 Å². The summed E-state index contributed by atoms with van der Waals surface area (Å²) in [6, 6.07) is 2.65. The number of H-pyrrole nitrogens is 1. The van der Waals surface area contributed by atoms with Crippen LogP contribution in [0.4, 0.5) is 10.2 Å². The molecule has 2 aromatic heterocycles. The van der Waals surface area contributed by atoms with Crippen LogP contribution >= 0.6 is 12.4 Å². The summed E-state index contributed by atoms with van der Waals surface area (Å²) in [4.78, 5) is 15.9. The fourth-order valence-corrected chi connectivity index (χ4v) is 2.04. The summed E-state index contributed by atoms with van der Waals surface area (Å²) < 4.78 is 12.7. The van der Waals surface area contributed by atoms with E-state index >= 15 is 0 Å². The standard InChI is InChI=1S/C12H12FN5O.ClH/c13-7-1-2-10(15-5-7)16-12(19)11-8-6-14-4-3-9(8)17-18-11;/h1-2,5,14H,3-4,6H2,(H,17,18)(H,15,16,19);1H. The van der Waals surface area contributed by atoms with Gasteiger partial charge in [-0.05, 0) is 12.1 Å². The van der Waals surface area contributed by atoms with Crippen molar-refractivity contribution >= 4 is 24.1 Å². The first-order chi connectivity index (χ1) is 9.24. The molecule has 0 bridgehead atoms. The largest absolute Gasteiger partial charge is 0.312 e. The van der Waals surface area contributed by atoms with E-state index in [-0.39, 0.29) is 18.3 Å². The first kappa shape index (κ1) is 14.4. The quantitative estimate of drug-likeness (QED) is 0.779. The van der Waals surface area contributed by atoms with E-state index in [4.69, 9.17) is 0 Å². The number of hydrogen-bond acceptors (Lipinski definition) is 4. The number of hydrogen-bond donors (Lipinski definition) is 3. The summed E-state index contributed by atoms with van der Waals surface area (Å²) in [7, 11) is 0. The summed E-state index contributed by atoms with van der Waals surface area (Å²) in [5.41, 5.74) is 2.22. The molecule has 0 unspecified atom stereocenters. The molecule has 0 saturated heterocycles. The highest BCUT2D eigenvalue weighted by atomic mass is 35.5. The Kier molecular flexibility index (Phi) is 4.31. The molecule has 1 amide bonds. The van der Waals surface area contributed by atoms with Crippen LogP contribution in [-0.4, -0.2) is 27.6 Å². The fraction of sp³-hybridized carbons (Fsp3) is 0.250. The minimum atomic E-state index is -0.445. The second kappa shape index (κ2) is 5.98. The van der Waals surface area contributed by atoms with Crippen molar-refractivity contribution in [1.82, 2.24) is 20.5 Å². The van der Waals surface area contributed by atoms with E-state index in [9.17, 15) is 9.18 Å². The number of nitrogens with one attached hydrogen (secondary N) is 3. The van der Waals surface area contributed by atoms with Crippen molar-refractivity contribution in [3.63, 3.8) is 0 Å². The predicted octanol–water partition coefficient (Wildman–Crippen LogP) is 1.26. The third-order valence-corrected chi connectivity index (χ3v) is 2.99. The Bertz CT molecular complexity index is 613. The molecule has 106 valence electrons. The lowest BCUT2D eigenvalue weighted by Gasteiger charge is -2.12. The molecule has 8 heteroatoms. The lowest BCUT2D eigenvalue weighted by Crippen LogP contribution is -2.25. The molecule has 0 saturated carbocycles. The van der Waals surface area contributed by atoms with Crippen LogP contribution in [0.3, 0.4) is 0 Å². The van der Waals surface area contributed by atoms with E-state index in [2.05, 4.69) is 25.8 Å².